The number of carbonyl (C=O) groups excluding carboxylic acids is 2. The Bertz CT molecular complexity index is 973. The largest absolute Gasteiger partial charge is 0.361 e. The lowest BCUT2D eigenvalue weighted by Gasteiger charge is -2.24. The highest BCUT2D eigenvalue weighted by atomic mass is 16.2. The van der Waals surface area contributed by atoms with Crippen molar-refractivity contribution in [3.05, 3.63) is 54.2 Å². The number of aromatic nitrogens is 3. The lowest BCUT2D eigenvalue weighted by Crippen LogP contribution is -2.33. The maximum Gasteiger partial charge on any atom is 0.251 e. The highest BCUT2D eigenvalue weighted by Crippen LogP contribution is 2.35. The number of aryl methyl sites for hydroxylation is 1. The Morgan fingerprint density at radius 1 is 1.35 bits per heavy atom. The number of benzene rings is 1. The monoisotopic (exact) mass is 351 g/mol. The van der Waals surface area contributed by atoms with Crippen LogP contribution in [-0.4, -0.2) is 44.8 Å². The molecule has 0 radical (unpaired) electrons. The van der Waals surface area contributed by atoms with Gasteiger partial charge in [0.1, 0.15) is 5.82 Å². The van der Waals surface area contributed by atoms with Crippen LogP contribution in [0, 0.1) is 5.92 Å². The van der Waals surface area contributed by atoms with E-state index in [-0.39, 0.29) is 23.8 Å². The number of hydrogen-bond donors (Lipinski definition) is 2. The molecule has 3 heterocycles. The molecule has 1 aliphatic rings. The number of rotatable bonds is 4. The Morgan fingerprint density at radius 3 is 2.96 bits per heavy atom. The lowest BCUT2D eigenvalue weighted by molar-refractivity contribution is -0.127. The van der Waals surface area contributed by atoms with E-state index in [1.54, 1.807) is 18.1 Å². The van der Waals surface area contributed by atoms with E-state index in [1.165, 1.54) is 0 Å². The van der Waals surface area contributed by atoms with Crippen molar-refractivity contribution in [2.45, 2.75) is 12.5 Å². The second-order valence-corrected chi connectivity index (χ2v) is 6.76. The van der Waals surface area contributed by atoms with Crippen LogP contribution in [-0.2, 0) is 11.8 Å². The minimum absolute atomic E-state index is 0.0111. The Labute approximate surface area is 151 Å². The fourth-order valence-corrected chi connectivity index (χ4v) is 3.78. The van der Waals surface area contributed by atoms with Gasteiger partial charge in [-0.15, -0.1) is 0 Å². The van der Waals surface area contributed by atoms with E-state index in [2.05, 4.69) is 15.3 Å². The van der Waals surface area contributed by atoms with E-state index in [0.717, 1.165) is 16.7 Å². The van der Waals surface area contributed by atoms with Crippen molar-refractivity contribution in [2.24, 2.45) is 13.0 Å². The highest BCUT2D eigenvalue weighted by molar-refractivity contribution is 6.06. The van der Waals surface area contributed by atoms with Crippen LogP contribution < -0.4 is 5.32 Å². The molecule has 0 spiro atoms. The summed E-state index contributed by atoms with van der Waals surface area (Å²) in [5, 5.41) is 3.90. The summed E-state index contributed by atoms with van der Waals surface area (Å²) in [5.41, 5.74) is 1.56. The van der Waals surface area contributed by atoms with Gasteiger partial charge in [0, 0.05) is 68.0 Å². The predicted octanol–water partition coefficient (Wildman–Crippen LogP) is 1.85. The Hall–Kier alpha value is -3.09. The van der Waals surface area contributed by atoms with Gasteiger partial charge in [-0.05, 0) is 18.2 Å². The standard InChI is InChI=1S/C19H21N5O2/c1-23-9-8-21-18(23)17-12(10-16(25)24(17)2)11-22-19(26)14-4-3-5-15-13(14)6-7-20-15/h3-9,12,17,20H,10-11H2,1-2H3,(H,22,26)/t12-,17+/m1/s1. The van der Waals surface area contributed by atoms with Gasteiger partial charge in [0.25, 0.3) is 5.91 Å². The minimum atomic E-state index is -0.133. The van der Waals surface area contributed by atoms with Gasteiger partial charge < -0.3 is 19.8 Å². The van der Waals surface area contributed by atoms with Crippen molar-refractivity contribution in [1.29, 1.82) is 0 Å². The summed E-state index contributed by atoms with van der Waals surface area (Å²) in [5.74, 6) is 0.772. The van der Waals surface area contributed by atoms with Crippen molar-refractivity contribution in [2.75, 3.05) is 13.6 Å². The van der Waals surface area contributed by atoms with E-state index in [0.29, 0.717) is 18.5 Å². The van der Waals surface area contributed by atoms with Crippen molar-refractivity contribution >= 4 is 22.7 Å². The zero-order chi connectivity index (χ0) is 18.3. The van der Waals surface area contributed by atoms with Crippen molar-refractivity contribution in [3.63, 3.8) is 0 Å². The number of nitrogens with one attached hydrogen (secondary N) is 2. The van der Waals surface area contributed by atoms with Crippen LogP contribution >= 0.6 is 0 Å². The molecule has 134 valence electrons. The summed E-state index contributed by atoms with van der Waals surface area (Å²) in [6.07, 6.45) is 5.83. The number of amides is 2. The molecular weight excluding hydrogens is 330 g/mol. The van der Waals surface area contributed by atoms with E-state index >= 15 is 0 Å². The number of carbonyl (C=O) groups is 2. The van der Waals surface area contributed by atoms with Gasteiger partial charge in [-0.2, -0.15) is 0 Å². The molecule has 3 aromatic rings. The topological polar surface area (TPSA) is 83.0 Å². The third-order valence-electron chi connectivity index (χ3n) is 5.18. The predicted molar refractivity (Wildman–Crippen MR) is 97.5 cm³/mol. The van der Waals surface area contributed by atoms with Gasteiger partial charge in [0.2, 0.25) is 5.91 Å². The van der Waals surface area contributed by atoms with Crippen molar-refractivity contribution in [1.82, 2.24) is 24.8 Å². The first-order valence-electron chi connectivity index (χ1n) is 8.63. The Balaban J connectivity index is 1.53. The smallest absolute Gasteiger partial charge is 0.251 e. The molecule has 2 atom stereocenters. The number of H-pyrrole nitrogens is 1. The Morgan fingerprint density at radius 2 is 2.19 bits per heavy atom. The Kier molecular flexibility index (Phi) is 3.99. The molecule has 2 aromatic heterocycles. The molecule has 1 aliphatic heterocycles. The van der Waals surface area contributed by atoms with E-state index in [9.17, 15) is 9.59 Å². The molecular formula is C19H21N5O2. The molecule has 2 N–H and O–H groups in total. The van der Waals surface area contributed by atoms with E-state index in [1.807, 2.05) is 48.3 Å². The maximum atomic E-state index is 12.7. The first kappa shape index (κ1) is 16.4. The second-order valence-electron chi connectivity index (χ2n) is 6.76. The fraction of sp³-hybridized carbons (Fsp3) is 0.316. The first-order valence-corrected chi connectivity index (χ1v) is 8.63. The molecule has 7 heteroatoms. The minimum Gasteiger partial charge on any atom is -0.361 e. The molecule has 0 aliphatic carbocycles. The molecule has 4 rings (SSSR count). The van der Waals surface area contributed by atoms with Gasteiger partial charge in [0.15, 0.2) is 0 Å². The van der Waals surface area contributed by atoms with Crippen molar-refractivity contribution < 1.29 is 9.59 Å². The van der Waals surface area contributed by atoms with Crippen LogP contribution in [0.4, 0.5) is 0 Å². The number of aromatic amines is 1. The third-order valence-corrected chi connectivity index (χ3v) is 5.18. The van der Waals surface area contributed by atoms with Gasteiger partial charge >= 0.3 is 0 Å². The van der Waals surface area contributed by atoms with E-state index in [4.69, 9.17) is 0 Å². The molecule has 1 aromatic carbocycles. The molecule has 7 nitrogen and oxygen atoms in total. The lowest BCUT2D eigenvalue weighted by atomic mass is 9.99. The summed E-state index contributed by atoms with van der Waals surface area (Å²) in [6, 6.07) is 7.37. The first-order chi connectivity index (χ1) is 12.6. The summed E-state index contributed by atoms with van der Waals surface area (Å²) in [7, 11) is 3.71. The molecule has 0 saturated carbocycles. The van der Waals surface area contributed by atoms with Crippen LogP contribution in [0.5, 0.6) is 0 Å². The number of likely N-dealkylation sites (tertiary alicyclic amines) is 1. The average molecular weight is 351 g/mol. The zero-order valence-corrected chi connectivity index (χ0v) is 14.8. The normalized spacial score (nSPS) is 20.1. The highest BCUT2D eigenvalue weighted by Gasteiger charge is 2.40. The maximum absolute atomic E-state index is 12.7. The second kappa shape index (κ2) is 6.33. The van der Waals surface area contributed by atoms with Crippen molar-refractivity contribution in [3.8, 4) is 0 Å². The average Bonchev–Trinajstić information content (AvgIpc) is 3.33. The quantitative estimate of drug-likeness (QED) is 0.752. The molecule has 26 heavy (non-hydrogen) atoms. The molecule has 1 fully saturated rings. The van der Waals surface area contributed by atoms with Gasteiger partial charge in [0.05, 0.1) is 6.04 Å². The number of fused-ring (bicyclic) bond motifs is 1. The SMILES string of the molecule is CN1C(=O)C[C@H](CNC(=O)c2cccc3[nH]ccc23)[C@H]1c1nccn1C. The van der Waals surface area contributed by atoms with Crippen LogP contribution in [0.25, 0.3) is 10.9 Å². The van der Waals surface area contributed by atoms with Crippen LogP contribution in [0.15, 0.2) is 42.9 Å². The number of imidazole rings is 1. The van der Waals surface area contributed by atoms with Gasteiger partial charge in [-0.1, -0.05) is 6.07 Å². The number of nitrogens with zero attached hydrogens (tertiary/aromatic N) is 3. The van der Waals surface area contributed by atoms with Gasteiger partial charge in [-0.3, -0.25) is 9.59 Å². The van der Waals surface area contributed by atoms with Crippen LogP contribution in [0.3, 0.4) is 0 Å². The van der Waals surface area contributed by atoms with Crippen LogP contribution in [0.1, 0.15) is 28.6 Å². The van der Waals surface area contributed by atoms with Crippen LogP contribution in [0.2, 0.25) is 0 Å². The summed E-state index contributed by atoms with van der Waals surface area (Å²) in [4.78, 5) is 34.2. The summed E-state index contributed by atoms with van der Waals surface area (Å²) in [6.45, 7) is 0.424. The summed E-state index contributed by atoms with van der Waals surface area (Å²) >= 11 is 0. The summed E-state index contributed by atoms with van der Waals surface area (Å²) < 4.78 is 1.93. The van der Waals surface area contributed by atoms with Gasteiger partial charge in [-0.25, -0.2) is 4.98 Å². The zero-order valence-electron chi connectivity index (χ0n) is 14.8. The third kappa shape index (κ3) is 2.65. The molecule has 0 bridgehead atoms. The molecule has 2 amide bonds. The molecule has 1 saturated heterocycles. The molecule has 0 unspecified atom stereocenters. The van der Waals surface area contributed by atoms with E-state index < -0.39 is 0 Å². The fourth-order valence-electron chi connectivity index (χ4n) is 3.78. The number of hydrogen-bond acceptors (Lipinski definition) is 3.